The van der Waals surface area contributed by atoms with Crippen LogP contribution in [-0.4, -0.2) is 58.6 Å². The van der Waals surface area contributed by atoms with E-state index in [1.807, 2.05) is 20.8 Å². The highest BCUT2D eigenvalue weighted by Gasteiger charge is 2.30. The minimum Gasteiger partial charge on any atom is -0.508 e. The van der Waals surface area contributed by atoms with Crippen molar-refractivity contribution in [1.82, 2.24) is 16.0 Å². The molecule has 0 radical (unpaired) electrons. The first-order valence-electron chi connectivity index (χ1n) is 11.7. The molecule has 0 spiro atoms. The van der Waals surface area contributed by atoms with Crippen molar-refractivity contribution in [3.8, 4) is 5.75 Å². The molecule has 1 aromatic carbocycles. The van der Waals surface area contributed by atoms with E-state index in [-0.39, 0.29) is 43.4 Å². The number of aliphatic carboxylic acids is 1. The van der Waals surface area contributed by atoms with Gasteiger partial charge in [-0.25, -0.2) is 4.79 Å². The molecule has 0 fully saturated rings. The molecule has 7 N–H and O–H groups in total. The number of unbranched alkanes of at least 4 members (excludes halogenated alkanes) is 1. The van der Waals surface area contributed by atoms with Gasteiger partial charge in [0.1, 0.15) is 23.9 Å². The molecular formula is C24H38N4O6. The van der Waals surface area contributed by atoms with E-state index in [2.05, 4.69) is 16.0 Å². The maximum Gasteiger partial charge on any atom is 0.326 e. The van der Waals surface area contributed by atoms with Gasteiger partial charge < -0.3 is 31.9 Å². The highest BCUT2D eigenvalue weighted by Crippen LogP contribution is 2.13. The van der Waals surface area contributed by atoms with Crippen molar-refractivity contribution in [1.29, 1.82) is 0 Å². The topological polar surface area (TPSA) is 171 Å². The molecular weight excluding hydrogens is 440 g/mol. The molecule has 0 aliphatic heterocycles. The number of phenols is 1. The molecule has 1 aromatic rings. The lowest BCUT2D eigenvalue weighted by atomic mass is 10.0. The van der Waals surface area contributed by atoms with Gasteiger partial charge in [0.05, 0.1) is 0 Å². The number of hydrogen-bond donors (Lipinski definition) is 6. The van der Waals surface area contributed by atoms with Gasteiger partial charge in [0.15, 0.2) is 0 Å². The second-order valence-electron chi connectivity index (χ2n) is 8.76. The van der Waals surface area contributed by atoms with Gasteiger partial charge in [-0.2, -0.15) is 0 Å². The number of amides is 3. The molecule has 10 heteroatoms. The van der Waals surface area contributed by atoms with Crippen LogP contribution in [0.25, 0.3) is 0 Å². The Labute approximate surface area is 200 Å². The number of carboxylic acids is 1. The lowest BCUT2D eigenvalue weighted by Crippen LogP contribution is -2.56. The fraction of sp³-hybridized carbons (Fsp3) is 0.583. The third kappa shape index (κ3) is 10.7. The number of carboxylic acid groups (broad SMARTS) is 1. The van der Waals surface area contributed by atoms with Gasteiger partial charge in [0, 0.05) is 19.4 Å². The molecule has 0 saturated heterocycles. The third-order valence-electron chi connectivity index (χ3n) is 5.20. The van der Waals surface area contributed by atoms with Crippen molar-refractivity contribution in [2.24, 2.45) is 11.7 Å². The third-order valence-corrected chi connectivity index (χ3v) is 5.20. The largest absolute Gasteiger partial charge is 0.508 e. The van der Waals surface area contributed by atoms with E-state index in [9.17, 15) is 29.4 Å². The summed E-state index contributed by atoms with van der Waals surface area (Å²) in [5, 5.41) is 26.9. The minimum atomic E-state index is -1.16. The fourth-order valence-electron chi connectivity index (χ4n) is 3.39. The van der Waals surface area contributed by atoms with Crippen LogP contribution in [0.3, 0.4) is 0 Å². The van der Waals surface area contributed by atoms with E-state index in [0.717, 1.165) is 6.42 Å². The number of carbonyl (C=O) groups excluding carboxylic acids is 3. The normalized spacial score (nSPS) is 13.6. The van der Waals surface area contributed by atoms with Crippen molar-refractivity contribution in [3.05, 3.63) is 29.8 Å². The van der Waals surface area contributed by atoms with Crippen LogP contribution in [0.15, 0.2) is 24.3 Å². The first kappa shape index (κ1) is 28.9. The van der Waals surface area contributed by atoms with Crippen LogP contribution in [0.1, 0.15) is 58.4 Å². The number of hydrogen-bond acceptors (Lipinski definition) is 6. The summed E-state index contributed by atoms with van der Waals surface area (Å²) in [6, 6.07) is 3.11. The Morgan fingerprint density at radius 3 is 2.06 bits per heavy atom. The smallest absolute Gasteiger partial charge is 0.326 e. The van der Waals surface area contributed by atoms with Crippen LogP contribution in [0, 0.1) is 5.92 Å². The van der Waals surface area contributed by atoms with Gasteiger partial charge in [-0.1, -0.05) is 45.7 Å². The summed E-state index contributed by atoms with van der Waals surface area (Å²) in [6.45, 7) is 5.80. The van der Waals surface area contributed by atoms with Crippen molar-refractivity contribution < 1.29 is 29.4 Å². The Morgan fingerprint density at radius 2 is 1.53 bits per heavy atom. The molecule has 10 nitrogen and oxygen atoms in total. The summed E-state index contributed by atoms with van der Waals surface area (Å²) in [5.41, 5.74) is 6.08. The van der Waals surface area contributed by atoms with Crippen molar-refractivity contribution in [3.63, 3.8) is 0 Å². The molecule has 0 aromatic heterocycles. The molecule has 0 bridgehead atoms. The predicted molar refractivity (Wildman–Crippen MR) is 128 cm³/mol. The van der Waals surface area contributed by atoms with Gasteiger partial charge in [-0.05, 0) is 36.5 Å². The first-order chi connectivity index (χ1) is 16.1. The number of carbonyl (C=O) groups is 4. The van der Waals surface area contributed by atoms with Gasteiger partial charge in [0.2, 0.25) is 17.7 Å². The Kier molecular flexibility index (Phi) is 12.7. The van der Waals surface area contributed by atoms with Crippen LogP contribution in [0.5, 0.6) is 5.75 Å². The van der Waals surface area contributed by atoms with E-state index in [4.69, 9.17) is 5.73 Å². The highest BCUT2D eigenvalue weighted by molar-refractivity contribution is 5.93. The zero-order valence-electron chi connectivity index (χ0n) is 20.2. The maximum atomic E-state index is 13.1. The summed E-state index contributed by atoms with van der Waals surface area (Å²) in [7, 11) is 0. The van der Waals surface area contributed by atoms with Crippen LogP contribution >= 0.6 is 0 Å². The first-order valence-corrected chi connectivity index (χ1v) is 11.7. The number of nitrogens with one attached hydrogen (secondary N) is 3. The van der Waals surface area contributed by atoms with Gasteiger partial charge in [0.25, 0.3) is 0 Å². The van der Waals surface area contributed by atoms with E-state index in [0.29, 0.717) is 18.4 Å². The van der Waals surface area contributed by atoms with E-state index < -0.39 is 35.9 Å². The average molecular weight is 479 g/mol. The van der Waals surface area contributed by atoms with Crippen molar-refractivity contribution in [2.45, 2.75) is 77.4 Å². The number of rotatable bonds is 15. The molecule has 0 aliphatic carbocycles. The van der Waals surface area contributed by atoms with E-state index in [1.165, 1.54) is 12.1 Å². The Morgan fingerprint density at radius 1 is 0.941 bits per heavy atom. The summed E-state index contributed by atoms with van der Waals surface area (Å²) in [4.78, 5) is 49.8. The monoisotopic (exact) mass is 478 g/mol. The SMILES string of the molecule is CCCC[C@H](NC(=O)CCN)C(=O)N[C@@H](Cc1ccc(O)cc1)C(=O)N[C@@H](CC(C)C)C(=O)O. The lowest BCUT2D eigenvalue weighted by Gasteiger charge is -2.25. The van der Waals surface area contributed by atoms with Gasteiger partial charge >= 0.3 is 5.97 Å². The second kappa shape index (κ2) is 14.9. The fourth-order valence-corrected chi connectivity index (χ4v) is 3.39. The summed E-state index contributed by atoms with van der Waals surface area (Å²) >= 11 is 0. The number of nitrogens with two attached hydrogens (primary N) is 1. The molecule has 3 amide bonds. The Hall–Kier alpha value is -3.14. The molecule has 0 unspecified atom stereocenters. The minimum absolute atomic E-state index is 0.0303. The van der Waals surface area contributed by atoms with Crippen LogP contribution in [-0.2, 0) is 25.6 Å². The van der Waals surface area contributed by atoms with Gasteiger partial charge in [-0.15, -0.1) is 0 Å². The number of aromatic hydroxyl groups is 1. The summed E-state index contributed by atoms with van der Waals surface area (Å²) < 4.78 is 0. The maximum absolute atomic E-state index is 13.1. The van der Waals surface area contributed by atoms with Gasteiger partial charge in [-0.3, -0.25) is 14.4 Å². The lowest BCUT2D eigenvalue weighted by molar-refractivity contribution is -0.142. The Balaban J connectivity index is 3.09. The number of benzene rings is 1. The Bertz CT molecular complexity index is 812. The standard InChI is InChI=1S/C24H38N4O6/c1-4-5-6-18(26-21(30)11-12-25)22(31)27-19(14-16-7-9-17(29)10-8-16)23(32)28-20(24(33)34)13-15(2)3/h7-10,15,18-20,29H,4-6,11-14,25H2,1-3H3,(H,26,30)(H,27,31)(H,28,32)(H,33,34)/t18-,19-,20-/m0/s1. The van der Waals surface area contributed by atoms with Crippen LogP contribution in [0.4, 0.5) is 0 Å². The summed E-state index contributed by atoms with van der Waals surface area (Å²) in [6.07, 6.45) is 2.26. The molecule has 34 heavy (non-hydrogen) atoms. The van der Waals surface area contributed by atoms with Crippen LogP contribution in [0.2, 0.25) is 0 Å². The molecule has 0 aliphatic rings. The highest BCUT2D eigenvalue weighted by atomic mass is 16.4. The molecule has 0 saturated carbocycles. The van der Waals surface area contributed by atoms with E-state index in [1.54, 1.807) is 12.1 Å². The number of phenolic OH excluding ortho intramolecular Hbond substituents is 1. The van der Waals surface area contributed by atoms with Crippen molar-refractivity contribution >= 4 is 23.7 Å². The predicted octanol–water partition coefficient (Wildman–Crippen LogP) is 1.06. The van der Waals surface area contributed by atoms with E-state index >= 15 is 0 Å². The van der Waals surface area contributed by atoms with Crippen molar-refractivity contribution in [2.75, 3.05) is 6.54 Å². The molecule has 190 valence electrons. The average Bonchev–Trinajstić information content (AvgIpc) is 2.76. The zero-order valence-corrected chi connectivity index (χ0v) is 20.2. The molecule has 0 heterocycles. The van der Waals surface area contributed by atoms with Crippen LogP contribution < -0.4 is 21.7 Å². The summed E-state index contributed by atoms with van der Waals surface area (Å²) in [5.74, 6) is -2.61. The quantitative estimate of drug-likeness (QED) is 0.219. The zero-order chi connectivity index (χ0) is 25.7. The molecule has 3 atom stereocenters. The second-order valence-corrected chi connectivity index (χ2v) is 8.76. The molecule has 1 rings (SSSR count).